The van der Waals surface area contributed by atoms with Crippen LogP contribution >= 0.6 is 31.9 Å². The predicted octanol–water partition coefficient (Wildman–Crippen LogP) is 2.17. The molecule has 0 spiro atoms. The Balaban J connectivity index is 2.96. The largest absolute Gasteiger partial charge is 0.494 e. The molecule has 6 heteroatoms. The minimum atomic E-state index is -1.01. The molecule has 1 atom stereocenters. The molecule has 0 unspecified atom stereocenters. The number of methoxy groups -OCH3 is 1. The van der Waals surface area contributed by atoms with E-state index >= 15 is 0 Å². The summed E-state index contributed by atoms with van der Waals surface area (Å²) < 4.78 is 6.66. The second-order valence-electron chi connectivity index (χ2n) is 3.24. The smallest absolute Gasteiger partial charge is 0.320 e. The second-order valence-corrected chi connectivity index (χ2v) is 4.95. The van der Waals surface area contributed by atoms with E-state index in [9.17, 15) is 4.79 Å². The van der Waals surface area contributed by atoms with Crippen LogP contribution in [0.25, 0.3) is 0 Å². The number of halogens is 2. The van der Waals surface area contributed by atoms with Gasteiger partial charge in [0.1, 0.15) is 11.8 Å². The highest BCUT2D eigenvalue weighted by molar-refractivity contribution is 9.11. The molecule has 0 amide bonds. The molecule has 1 rings (SSSR count). The molecule has 0 aliphatic carbocycles. The van der Waals surface area contributed by atoms with Crippen molar-refractivity contribution in [3.05, 3.63) is 26.6 Å². The Labute approximate surface area is 110 Å². The quantitative estimate of drug-likeness (QED) is 0.871. The summed E-state index contributed by atoms with van der Waals surface area (Å²) in [4.78, 5) is 10.6. The van der Waals surface area contributed by atoms with Gasteiger partial charge in [-0.25, -0.2) is 0 Å². The molecule has 0 aliphatic heterocycles. The summed E-state index contributed by atoms with van der Waals surface area (Å²) in [6.07, 6.45) is 0.274. The minimum absolute atomic E-state index is 0.274. The van der Waals surface area contributed by atoms with E-state index in [1.807, 2.05) is 0 Å². The maximum Gasteiger partial charge on any atom is 0.320 e. The Bertz CT molecular complexity index is 386. The number of carboxylic acid groups (broad SMARTS) is 1. The normalized spacial score (nSPS) is 12.2. The third-order valence-electron chi connectivity index (χ3n) is 2.04. The van der Waals surface area contributed by atoms with Crippen molar-refractivity contribution in [1.29, 1.82) is 0 Å². The maximum atomic E-state index is 10.6. The zero-order valence-electron chi connectivity index (χ0n) is 8.54. The number of carbonyl (C=O) groups is 1. The van der Waals surface area contributed by atoms with Crippen LogP contribution in [0.15, 0.2) is 21.1 Å². The molecule has 0 radical (unpaired) electrons. The Morgan fingerprint density at radius 2 is 2.00 bits per heavy atom. The zero-order valence-corrected chi connectivity index (χ0v) is 11.7. The third-order valence-corrected chi connectivity index (χ3v) is 3.21. The molecule has 1 aromatic carbocycles. The summed E-state index contributed by atoms with van der Waals surface area (Å²) in [6, 6.07) is 2.70. The van der Waals surface area contributed by atoms with Crippen molar-refractivity contribution in [2.24, 2.45) is 5.73 Å². The fraction of sp³-hybridized carbons (Fsp3) is 0.300. The van der Waals surface area contributed by atoms with Crippen molar-refractivity contribution >= 4 is 37.8 Å². The minimum Gasteiger partial charge on any atom is -0.494 e. The van der Waals surface area contributed by atoms with E-state index < -0.39 is 12.0 Å². The van der Waals surface area contributed by atoms with E-state index in [0.717, 1.165) is 14.5 Å². The summed E-state index contributed by atoms with van der Waals surface area (Å²) in [6.45, 7) is 0. The summed E-state index contributed by atoms with van der Waals surface area (Å²) >= 11 is 6.68. The van der Waals surface area contributed by atoms with Crippen LogP contribution in [-0.4, -0.2) is 24.2 Å². The molecule has 0 saturated carbocycles. The summed E-state index contributed by atoms with van der Waals surface area (Å²) in [5, 5.41) is 8.71. The second kappa shape index (κ2) is 5.65. The number of benzene rings is 1. The number of carboxylic acids is 1. The van der Waals surface area contributed by atoms with Gasteiger partial charge in [-0.2, -0.15) is 0 Å². The molecule has 1 aromatic rings. The van der Waals surface area contributed by atoms with Crippen LogP contribution in [0.5, 0.6) is 5.75 Å². The topological polar surface area (TPSA) is 72.5 Å². The summed E-state index contributed by atoms with van der Waals surface area (Å²) in [5.41, 5.74) is 6.29. The van der Waals surface area contributed by atoms with Crippen molar-refractivity contribution in [3.8, 4) is 5.75 Å². The third kappa shape index (κ3) is 3.20. The lowest BCUT2D eigenvalue weighted by molar-refractivity contribution is -0.138. The zero-order chi connectivity index (χ0) is 12.3. The monoisotopic (exact) mass is 351 g/mol. The van der Waals surface area contributed by atoms with Crippen molar-refractivity contribution in [3.63, 3.8) is 0 Å². The van der Waals surface area contributed by atoms with Gasteiger partial charge in [-0.05, 0) is 56.0 Å². The fourth-order valence-electron chi connectivity index (χ4n) is 1.27. The van der Waals surface area contributed by atoms with Crippen molar-refractivity contribution in [2.45, 2.75) is 12.5 Å². The predicted molar refractivity (Wildman–Crippen MR) is 67.7 cm³/mol. The van der Waals surface area contributed by atoms with Gasteiger partial charge in [0, 0.05) is 0 Å². The van der Waals surface area contributed by atoms with E-state index in [4.69, 9.17) is 15.6 Å². The highest BCUT2D eigenvalue weighted by Gasteiger charge is 2.14. The van der Waals surface area contributed by atoms with Gasteiger partial charge in [-0.15, -0.1) is 0 Å². The Morgan fingerprint density at radius 3 is 2.38 bits per heavy atom. The molecule has 16 heavy (non-hydrogen) atoms. The molecule has 4 nitrogen and oxygen atoms in total. The lowest BCUT2D eigenvalue weighted by Crippen LogP contribution is -2.32. The number of ether oxygens (including phenoxy) is 1. The van der Waals surface area contributed by atoms with Crippen LogP contribution in [0, 0.1) is 0 Å². The first kappa shape index (κ1) is 13.5. The van der Waals surface area contributed by atoms with Gasteiger partial charge in [0.25, 0.3) is 0 Å². The number of aliphatic carboxylic acids is 1. The van der Waals surface area contributed by atoms with Crippen LogP contribution in [0.4, 0.5) is 0 Å². The molecule has 0 saturated heterocycles. The summed E-state index contributed by atoms with van der Waals surface area (Å²) in [5.74, 6) is -0.337. The lowest BCUT2D eigenvalue weighted by Gasteiger charge is -2.11. The van der Waals surface area contributed by atoms with E-state index in [-0.39, 0.29) is 6.42 Å². The molecule has 0 aliphatic rings. The standard InChI is InChI=1S/C10H11Br2NO3/c1-16-9-6(11)2-5(3-7(9)12)4-8(13)10(14)15/h2-3,8H,4,13H2,1H3,(H,14,15)/t8-/m0/s1. The first-order valence-corrected chi connectivity index (χ1v) is 6.04. The number of hydrogen-bond donors (Lipinski definition) is 2. The SMILES string of the molecule is COc1c(Br)cc(C[C@H](N)C(=O)O)cc1Br. The van der Waals surface area contributed by atoms with Crippen molar-refractivity contribution in [2.75, 3.05) is 7.11 Å². The number of rotatable bonds is 4. The molecule has 0 bridgehead atoms. The van der Waals surface area contributed by atoms with Gasteiger partial charge in [0.2, 0.25) is 0 Å². The van der Waals surface area contributed by atoms with E-state index in [1.54, 1.807) is 19.2 Å². The van der Waals surface area contributed by atoms with Gasteiger partial charge in [0.15, 0.2) is 0 Å². The summed E-state index contributed by atoms with van der Waals surface area (Å²) in [7, 11) is 1.56. The average molecular weight is 353 g/mol. The van der Waals surface area contributed by atoms with Gasteiger partial charge >= 0.3 is 5.97 Å². The first-order valence-electron chi connectivity index (χ1n) is 4.46. The van der Waals surface area contributed by atoms with Crippen LogP contribution in [-0.2, 0) is 11.2 Å². The van der Waals surface area contributed by atoms with Crippen LogP contribution in [0.1, 0.15) is 5.56 Å². The Morgan fingerprint density at radius 1 is 1.50 bits per heavy atom. The molecule has 3 N–H and O–H groups in total. The van der Waals surface area contributed by atoms with Crippen LogP contribution < -0.4 is 10.5 Å². The van der Waals surface area contributed by atoms with Crippen molar-refractivity contribution in [1.82, 2.24) is 0 Å². The Kier molecular flexibility index (Phi) is 4.76. The Hall–Kier alpha value is -0.590. The molecular weight excluding hydrogens is 342 g/mol. The van der Waals surface area contributed by atoms with Gasteiger partial charge in [0.05, 0.1) is 16.1 Å². The molecule has 88 valence electrons. The van der Waals surface area contributed by atoms with Gasteiger partial charge < -0.3 is 15.6 Å². The van der Waals surface area contributed by atoms with Gasteiger partial charge in [-0.1, -0.05) is 0 Å². The maximum absolute atomic E-state index is 10.6. The van der Waals surface area contributed by atoms with E-state index in [2.05, 4.69) is 31.9 Å². The highest BCUT2D eigenvalue weighted by atomic mass is 79.9. The first-order chi connectivity index (χ1) is 7.45. The number of hydrogen-bond acceptors (Lipinski definition) is 3. The lowest BCUT2D eigenvalue weighted by atomic mass is 10.1. The van der Waals surface area contributed by atoms with Crippen LogP contribution in [0.2, 0.25) is 0 Å². The molecule has 0 fully saturated rings. The van der Waals surface area contributed by atoms with E-state index in [1.165, 1.54) is 0 Å². The highest BCUT2D eigenvalue weighted by Crippen LogP contribution is 2.34. The van der Waals surface area contributed by atoms with E-state index in [0.29, 0.717) is 5.75 Å². The van der Waals surface area contributed by atoms with Crippen molar-refractivity contribution < 1.29 is 14.6 Å². The number of nitrogens with two attached hydrogens (primary N) is 1. The fourth-order valence-corrected chi connectivity index (χ4v) is 2.87. The van der Waals surface area contributed by atoms with Crippen LogP contribution in [0.3, 0.4) is 0 Å². The molecular formula is C10H11Br2NO3. The van der Waals surface area contributed by atoms with Gasteiger partial charge in [-0.3, -0.25) is 4.79 Å². The average Bonchev–Trinajstić information content (AvgIpc) is 2.16. The molecule has 0 heterocycles. The molecule has 0 aromatic heterocycles.